The largest absolute Gasteiger partial charge is 0.486 e. The topological polar surface area (TPSA) is 47.6 Å². The minimum Gasteiger partial charge on any atom is -0.486 e. The van der Waals surface area contributed by atoms with Crippen molar-refractivity contribution in [2.45, 2.75) is 51.0 Å². The fraction of sp³-hybridized carbons (Fsp3) is 0.650. The van der Waals surface area contributed by atoms with Crippen LogP contribution in [0.4, 0.5) is 0 Å². The van der Waals surface area contributed by atoms with Gasteiger partial charge in [0.1, 0.15) is 13.2 Å². The lowest BCUT2D eigenvalue weighted by molar-refractivity contribution is -0.120. The number of nitrogens with one attached hydrogen (secondary N) is 1. The second-order valence-electron chi connectivity index (χ2n) is 8.32. The summed E-state index contributed by atoms with van der Waals surface area (Å²) < 4.78 is 11.1. The first kappa shape index (κ1) is 17.1. The zero-order chi connectivity index (χ0) is 17.7. The van der Waals surface area contributed by atoms with Gasteiger partial charge in [-0.05, 0) is 54.2 Å². The van der Waals surface area contributed by atoms with Gasteiger partial charge in [0.05, 0.1) is 5.75 Å². The summed E-state index contributed by atoms with van der Waals surface area (Å²) >= 11 is 1.56. The molecule has 3 atom stereocenters. The van der Waals surface area contributed by atoms with Gasteiger partial charge in [-0.25, -0.2) is 0 Å². The number of rotatable bonds is 4. The van der Waals surface area contributed by atoms with Gasteiger partial charge >= 0.3 is 0 Å². The molecule has 1 heterocycles. The van der Waals surface area contributed by atoms with Crippen LogP contribution in [0.3, 0.4) is 0 Å². The van der Waals surface area contributed by atoms with E-state index in [0.29, 0.717) is 30.4 Å². The van der Waals surface area contributed by atoms with Crippen LogP contribution in [0.1, 0.15) is 40.0 Å². The van der Waals surface area contributed by atoms with Crippen molar-refractivity contribution < 1.29 is 14.3 Å². The van der Waals surface area contributed by atoms with E-state index >= 15 is 0 Å². The molecule has 5 heteroatoms. The number of hydrogen-bond donors (Lipinski definition) is 1. The van der Waals surface area contributed by atoms with E-state index in [1.807, 2.05) is 18.2 Å². The minimum absolute atomic E-state index is 0.134. The lowest BCUT2D eigenvalue weighted by Crippen LogP contribution is -2.47. The normalized spacial score (nSPS) is 31.8. The molecule has 2 fully saturated rings. The molecule has 3 unspecified atom stereocenters. The molecule has 0 saturated heterocycles. The Morgan fingerprint density at radius 3 is 2.68 bits per heavy atom. The van der Waals surface area contributed by atoms with Crippen LogP contribution >= 0.6 is 11.8 Å². The van der Waals surface area contributed by atoms with E-state index < -0.39 is 0 Å². The Labute approximate surface area is 154 Å². The molecule has 2 bridgehead atoms. The van der Waals surface area contributed by atoms with Crippen molar-refractivity contribution in [1.82, 2.24) is 5.32 Å². The van der Waals surface area contributed by atoms with Crippen molar-refractivity contribution in [3.8, 4) is 11.5 Å². The van der Waals surface area contributed by atoms with Crippen molar-refractivity contribution in [3.05, 3.63) is 18.2 Å². The Kier molecular flexibility index (Phi) is 4.18. The van der Waals surface area contributed by atoms with Gasteiger partial charge in [0.25, 0.3) is 0 Å². The van der Waals surface area contributed by atoms with Gasteiger partial charge in [0, 0.05) is 10.9 Å². The van der Waals surface area contributed by atoms with E-state index in [0.717, 1.165) is 28.7 Å². The number of ether oxygens (including phenoxy) is 2. The van der Waals surface area contributed by atoms with Crippen molar-refractivity contribution in [1.29, 1.82) is 0 Å². The van der Waals surface area contributed by atoms with Crippen LogP contribution in [0, 0.1) is 16.7 Å². The highest BCUT2D eigenvalue weighted by molar-refractivity contribution is 8.00. The molecule has 1 aliphatic heterocycles. The third kappa shape index (κ3) is 2.80. The number of thioether (sulfide) groups is 1. The predicted molar refractivity (Wildman–Crippen MR) is 99.3 cm³/mol. The Morgan fingerprint density at radius 2 is 2.00 bits per heavy atom. The molecule has 0 aromatic heterocycles. The molecule has 4 rings (SSSR count). The fourth-order valence-corrected chi connectivity index (χ4v) is 5.66. The highest BCUT2D eigenvalue weighted by atomic mass is 32.2. The van der Waals surface area contributed by atoms with Crippen LogP contribution in [0.2, 0.25) is 0 Å². The van der Waals surface area contributed by atoms with E-state index in [-0.39, 0.29) is 11.3 Å². The highest BCUT2D eigenvalue weighted by Gasteiger charge is 2.61. The molecule has 1 N–H and O–H groups in total. The smallest absolute Gasteiger partial charge is 0.230 e. The summed E-state index contributed by atoms with van der Waals surface area (Å²) in [6, 6.07) is 6.20. The number of hydrogen-bond acceptors (Lipinski definition) is 4. The summed E-state index contributed by atoms with van der Waals surface area (Å²) in [5.41, 5.74) is 0.558. The van der Waals surface area contributed by atoms with Crippen molar-refractivity contribution in [2.75, 3.05) is 19.0 Å². The van der Waals surface area contributed by atoms with Crippen LogP contribution in [-0.4, -0.2) is 30.9 Å². The van der Waals surface area contributed by atoms with Crippen LogP contribution in [0.25, 0.3) is 0 Å². The molecular weight excluding hydrogens is 334 g/mol. The van der Waals surface area contributed by atoms with Crippen molar-refractivity contribution in [3.63, 3.8) is 0 Å². The molecule has 0 spiro atoms. The zero-order valence-corrected chi connectivity index (χ0v) is 16.1. The molecule has 1 amide bonds. The molecule has 4 nitrogen and oxygen atoms in total. The monoisotopic (exact) mass is 361 g/mol. The minimum atomic E-state index is 0.134. The van der Waals surface area contributed by atoms with Crippen LogP contribution in [0.15, 0.2) is 23.1 Å². The molecule has 25 heavy (non-hydrogen) atoms. The lowest BCUT2D eigenvalue weighted by atomic mass is 9.69. The molecule has 136 valence electrons. The lowest BCUT2D eigenvalue weighted by Gasteiger charge is -2.39. The van der Waals surface area contributed by atoms with Gasteiger partial charge < -0.3 is 14.8 Å². The average molecular weight is 362 g/mol. The fourth-order valence-electron chi connectivity index (χ4n) is 4.92. The Morgan fingerprint density at radius 1 is 1.24 bits per heavy atom. The maximum absolute atomic E-state index is 12.5. The van der Waals surface area contributed by atoms with Gasteiger partial charge in [-0.15, -0.1) is 11.8 Å². The molecular formula is C20H27NO3S. The zero-order valence-electron chi connectivity index (χ0n) is 15.3. The molecule has 2 aliphatic carbocycles. The quantitative estimate of drug-likeness (QED) is 0.827. The number of amides is 1. The van der Waals surface area contributed by atoms with E-state index in [9.17, 15) is 4.79 Å². The molecule has 0 radical (unpaired) electrons. The number of carbonyl (C=O) groups excluding carboxylic acids is 1. The van der Waals surface area contributed by atoms with Gasteiger partial charge in [-0.2, -0.15) is 0 Å². The molecule has 2 saturated carbocycles. The van der Waals surface area contributed by atoms with Gasteiger partial charge in [0.15, 0.2) is 11.5 Å². The summed E-state index contributed by atoms with van der Waals surface area (Å²) in [6.07, 6.45) is 3.66. The van der Waals surface area contributed by atoms with Gasteiger partial charge in [-0.1, -0.05) is 20.8 Å². The first-order chi connectivity index (χ1) is 11.9. The van der Waals surface area contributed by atoms with Crippen molar-refractivity contribution in [2.24, 2.45) is 16.7 Å². The molecule has 1 aromatic carbocycles. The summed E-state index contributed by atoms with van der Waals surface area (Å²) in [4.78, 5) is 13.5. The third-order valence-electron chi connectivity index (χ3n) is 7.01. The third-order valence-corrected chi connectivity index (χ3v) is 8.01. The van der Waals surface area contributed by atoms with E-state index in [1.165, 1.54) is 12.8 Å². The second kappa shape index (κ2) is 6.11. The number of carbonyl (C=O) groups is 1. The Bertz CT molecular complexity index is 690. The summed E-state index contributed by atoms with van der Waals surface area (Å²) in [7, 11) is 0. The van der Waals surface area contributed by atoms with E-state index in [1.54, 1.807) is 11.8 Å². The average Bonchev–Trinajstić information content (AvgIpc) is 2.93. The first-order valence-corrected chi connectivity index (χ1v) is 10.2. The Hall–Kier alpha value is -1.36. The standard InChI is InChI=1S/C20H27NO3S/c1-19(2)13-6-7-20(19,3)17(10-13)21-18(22)12-25-14-4-5-15-16(11-14)24-9-8-23-15/h4-5,11,13,17H,6-10,12H2,1-3H3,(H,21,22). The first-order valence-electron chi connectivity index (χ1n) is 9.22. The van der Waals surface area contributed by atoms with E-state index in [4.69, 9.17) is 9.47 Å². The van der Waals surface area contributed by atoms with Crippen LogP contribution in [-0.2, 0) is 4.79 Å². The maximum atomic E-state index is 12.5. The van der Waals surface area contributed by atoms with Gasteiger partial charge in [-0.3, -0.25) is 4.79 Å². The van der Waals surface area contributed by atoms with Crippen LogP contribution < -0.4 is 14.8 Å². The van der Waals surface area contributed by atoms with Crippen LogP contribution in [0.5, 0.6) is 11.5 Å². The maximum Gasteiger partial charge on any atom is 0.230 e. The summed E-state index contributed by atoms with van der Waals surface area (Å²) in [5, 5.41) is 3.32. The number of fused-ring (bicyclic) bond motifs is 3. The number of benzene rings is 1. The van der Waals surface area contributed by atoms with Crippen molar-refractivity contribution >= 4 is 17.7 Å². The second-order valence-corrected chi connectivity index (χ2v) is 9.37. The summed E-state index contributed by atoms with van der Waals surface area (Å²) in [5.74, 6) is 2.89. The molecule has 3 aliphatic rings. The summed E-state index contributed by atoms with van der Waals surface area (Å²) in [6.45, 7) is 8.29. The highest BCUT2D eigenvalue weighted by Crippen LogP contribution is 2.65. The SMILES string of the molecule is CC1(C)C2CCC1(C)C(NC(=O)CSc1ccc3c(c1)OCCO3)C2. The Balaban J connectivity index is 1.34. The van der Waals surface area contributed by atoms with Gasteiger partial charge in [0.2, 0.25) is 5.91 Å². The van der Waals surface area contributed by atoms with E-state index in [2.05, 4.69) is 26.1 Å². The predicted octanol–water partition coefficient (Wildman–Crippen LogP) is 3.88. The molecule has 1 aromatic rings.